The van der Waals surface area contributed by atoms with Crippen LogP contribution in [0.25, 0.3) is 0 Å². The van der Waals surface area contributed by atoms with Gasteiger partial charge in [0.25, 0.3) is 0 Å². The molecule has 2 rings (SSSR count). The molecular weight excluding hydrogens is 469 g/mol. The molecule has 0 saturated heterocycles. The minimum absolute atomic E-state index is 0. The smallest absolute Gasteiger partial charge is 0.191 e. The summed E-state index contributed by atoms with van der Waals surface area (Å²) in [5.41, 5.74) is 1.81. The van der Waals surface area contributed by atoms with Crippen LogP contribution in [0.5, 0.6) is 11.5 Å². The summed E-state index contributed by atoms with van der Waals surface area (Å²) >= 11 is 0. The molecule has 1 atom stereocenters. The van der Waals surface area contributed by atoms with Gasteiger partial charge < -0.3 is 25.2 Å². The molecule has 2 aromatic rings. The van der Waals surface area contributed by atoms with Crippen LogP contribution in [0.2, 0.25) is 0 Å². The number of methoxy groups -OCH3 is 1. The lowest BCUT2D eigenvalue weighted by atomic mass is 10.1. The average molecular weight is 499 g/mol. The van der Waals surface area contributed by atoms with Crippen molar-refractivity contribution in [2.75, 3.05) is 26.8 Å². The van der Waals surface area contributed by atoms with Gasteiger partial charge in [-0.15, -0.1) is 24.0 Å². The maximum Gasteiger partial charge on any atom is 0.191 e. The second-order valence-electron chi connectivity index (χ2n) is 5.91. The van der Waals surface area contributed by atoms with Crippen LogP contribution in [0.4, 0.5) is 0 Å². The first-order valence-corrected chi connectivity index (χ1v) is 9.22. The second kappa shape index (κ2) is 13.2. The van der Waals surface area contributed by atoms with E-state index in [4.69, 9.17) is 9.47 Å². The molecular formula is C21H30IN3O3. The van der Waals surface area contributed by atoms with Gasteiger partial charge in [-0.25, -0.2) is 4.99 Å². The number of guanidine groups is 1. The van der Waals surface area contributed by atoms with Crippen molar-refractivity contribution in [3.63, 3.8) is 0 Å². The number of hydrogen-bond donors (Lipinski definition) is 3. The zero-order valence-electron chi connectivity index (χ0n) is 16.6. The van der Waals surface area contributed by atoms with Crippen molar-refractivity contribution in [3.8, 4) is 11.5 Å². The van der Waals surface area contributed by atoms with E-state index in [1.165, 1.54) is 0 Å². The summed E-state index contributed by atoms with van der Waals surface area (Å²) in [5.74, 6) is 2.21. The van der Waals surface area contributed by atoms with Gasteiger partial charge in [-0.2, -0.15) is 0 Å². The van der Waals surface area contributed by atoms with E-state index in [1.807, 2.05) is 62.4 Å². The Bertz CT molecular complexity index is 740. The minimum atomic E-state index is -0.667. The lowest BCUT2D eigenvalue weighted by Gasteiger charge is -2.16. The number of halogens is 1. The summed E-state index contributed by atoms with van der Waals surface area (Å²) in [6.07, 6.45) is -0.667. The van der Waals surface area contributed by atoms with Gasteiger partial charge in [0, 0.05) is 18.7 Å². The third-order valence-corrected chi connectivity index (χ3v) is 3.97. The summed E-state index contributed by atoms with van der Waals surface area (Å²) < 4.78 is 10.9. The van der Waals surface area contributed by atoms with Gasteiger partial charge in [-0.1, -0.05) is 30.3 Å². The van der Waals surface area contributed by atoms with Crippen LogP contribution < -0.4 is 20.1 Å². The van der Waals surface area contributed by atoms with Gasteiger partial charge in [0.05, 0.1) is 26.4 Å². The maximum absolute atomic E-state index is 10.4. The molecule has 6 nitrogen and oxygen atoms in total. The number of aliphatic hydroxyl groups excluding tert-OH is 1. The molecule has 154 valence electrons. The Balaban J connectivity index is 0.00000392. The minimum Gasteiger partial charge on any atom is -0.497 e. The molecule has 0 aliphatic heterocycles. The average Bonchev–Trinajstić information content (AvgIpc) is 2.71. The lowest BCUT2D eigenvalue weighted by Crippen LogP contribution is -2.39. The SMILES string of the molecule is CCNC(=NCc1ccccc1OCC)NCC(O)c1cccc(OC)c1.I. The van der Waals surface area contributed by atoms with Crippen LogP contribution in [0.3, 0.4) is 0 Å². The number of aliphatic hydroxyl groups is 1. The predicted molar refractivity (Wildman–Crippen MR) is 124 cm³/mol. The van der Waals surface area contributed by atoms with Crippen LogP contribution in [0.1, 0.15) is 31.1 Å². The Kier molecular flexibility index (Phi) is 11.4. The van der Waals surface area contributed by atoms with E-state index in [1.54, 1.807) is 7.11 Å². The van der Waals surface area contributed by atoms with E-state index in [0.29, 0.717) is 25.7 Å². The third kappa shape index (κ3) is 7.55. The Morgan fingerprint density at radius 2 is 1.89 bits per heavy atom. The zero-order valence-corrected chi connectivity index (χ0v) is 19.0. The summed E-state index contributed by atoms with van der Waals surface area (Å²) in [6, 6.07) is 15.3. The largest absolute Gasteiger partial charge is 0.497 e. The highest BCUT2D eigenvalue weighted by Crippen LogP contribution is 2.19. The second-order valence-corrected chi connectivity index (χ2v) is 5.91. The first-order chi connectivity index (χ1) is 13.2. The van der Waals surface area contributed by atoms with Crippen molar-refractivity contribution in [1.82, 2.24) is 10.6 Å². The highest BCUT2D eigenvalue weighted by Gasteiger charge is 2.10. The van der Waals surface area contributed by atoms with Gasteiger partial charge in [-0.05, 0) is 37.6 Å². The van der Waals surface area contributed by atoms with E-state index < -0.39 is 6.10 Å². The number of benzene rings is 2. The Morgan fingerprint density at radius 1 is 1.11 bits per heavy atom. The first kappa shape index (κ1) is 24.0. The van der Waals surface area contributed by atoms with Crippen LogP contribution in [-0.4, -0.2) is 37.9 Å². The molecule has 0 saturated carbocycles. The monoisotopic (exact) mass is 499 g/mol. The van der Waals surface area contributed by atoms with Crippen molar-refractivity contribution in [3.05, 3.63) is 59.7 Å². The van der Waals surface area contributed by atoms with E-state index in [-0.39, 0.29) is 24.0 Å². The number of rotatable bonds is 9. The summed E-state index contributed by atoms with van der Waals surface area (Å²) in [6.45, 7) is 6.14. The fourth-order valence-corrected chi connectivity index (χ4v) is 2.60. The van der Waals surface area contributed by atoms with Gasteiger partial charge >= 0.3 is 0 Å². The Hall–Kier alpha value is -2.00. The van der Waals surface area contributed by atoms with Crippen molar-refractivity contribution in [1.29, 1.82) is 0 Å². The van der Waals surface area contributed by atoms with Crippen molar-refractivity contribution < 1.29 is 14.6 Å². The Morgan fingerprint density at radius 3 is 2.61 bits per heavy atom. The summed E-state index contributed by atoms with van der Waals surface area (Å²) in [4.78, 5) is 4.60. The number of aliphatic imine (C=N–C) groups is 1. The van der Waals surface area contributed by atoms with Crippen LogP contribution >= 0.6 is 24.0 Å². The van der Waals surface area contributed by atoms with E-state index in [0.717, 1.165) is 29.2 Å². The van der Waals surface area contributed by atoms with Gasteiger partial charge in [0.1, 0.15) is 11.5 Å². The molecule has 2 aromatic carbocycles. The molecule has 0 aliphatic rings. The first-order valence-electron chi connectivity index (χ1n) is 9.22. The predicted octanol–water partition coefficient (Wildman–Crippen LogP) is 3.50. The molecule has 3 N–H and O–H groups in total. The van der Waals surface area contributed by atoms with E-state index >= 15 is 0 Å². The summed E-state index contributed by atoms with van der Waals surface area (Å²) in [7, 11) is 1.61. The van der Waals surface area contributed by atoms with Crippen LogP contribution in [0.15, 0.2) is 53.5 Å². The molecule has 0 aromatic heterocycles. The van der Waals surface area contributed by atoms with Gasteiger partial charge in [0.2, 0.25) is 0 Å². The fraction of sp³-hybridized carbons (Fsp3) is 0.381. The zero-order chi connectivity index (χ0) is 19.5. The molecule has 0 spiro atoms. The highest BCUT2D eigenvalue weighted by molar-refractivity contribution is 14.0. The van der Waals surface area contributed by atoms with Crippen molar-refractivity contribution in [2.24, 2.45) is 4.99 Å². The quantitative estimate of drug-likeness (QED) is 0.280. The number of para-hydroxylation sites is 1. The van der Waals surface area contributed by atoms with Crippen molar-refractivity contribution >= 4 is 29.9 Å². The maximum atomic E-state index is 10.4. The van der Waals surface area contributed by atoms with Crippen LogP contribution in [-0.2, 0) is 6.54 Å². The molecule has 1 unspecified atom stereocenters. The molecule has 28 heavy (non-hydrogen) atoms. The van der Waals surface area contributed by atoms with Gasteiger partial charge in [-0.3, -0.25) is 0 Å². The fourth-order valence-electron chi connectivity index (χ4n) is 2.60. The number of hydrogen-bond acceptors (Lipinski definition) is 4. The molecule has 0 radical (unpaired) electrons. The number of nitrogens with zero attached hydrogens (tertiary/aromatic N) is 1. The molecule has 0 fully saturated rings. The third-order valence-electron chi connectivity index (χ3n) is 3.97. The molecule has 0 aliphatic carbocycles. The topological polar surface area (TPSA) is 75.1 Å². The highest BCUT2D eigenvalue weighted by atomic mass is 127. The number of ether oxygens (including phenoxy) is 2. The normalized spacial score (nSPS) is 11.9. The Labute approximate surface area is 184 Å². The van der Waals surface area contributed by atoms with E-state index in [9.17, 15) is 5.11 Å². The van der Waals surface area contributed by atoms with E-state index in [2.05, 4.69) is 15.6 Å². The van der Waals surface area contributed by atoms with Crippen LogP contribution in [0, 0.1) is 0 Å². The number of nitrogens with one attached hydrogen (secondary N) is 2. The van der Waals surface area contributed by atoms with Crippen molar-refractivity contribution in [2.45, 2.75) is 26.5 Å². The standard InChI is InChI=1S/C21H29N3O3.HI/c1-4-22-21(23-14-17-9-6-7-12-20(17)27-5-2)24-15-19(25)16-10-8-11-18(13-16)26-3;/h6-13,19,25H,4-5,14-15H2,1-3H3,(H2,22,23,24);1H. The molecule has 0 heterocycles. The summed E-state index contributed by atoms with van der Waals surface area (Å²) in [5, 5.41) is 16.8. The van der Waals surface area contributed by atoms with Gasteiger partial charge in [0.15, 0.2) is 5.96 Å². The lowest BCUT2D eigenvalue weighted by molar-refractivity contribution is 0.180. The molecule has 7 heteroatoms. The molecule has 0 bridgehead atoms. The molecule has 0 amide bonds.